The van der Waals surface area contributed by atoms with E-state index in [9.17, 15) is 4.79 Å². The third kappa shape index (κ3) is 3.10. The van der Waals surface area contributed by atoms with Gasteiger partial charge in [0.15, 0.2) is 0 Å². The van der Waals surface area contributed by atoms with Gasteiger partial charge < -0.3 is 11.1 Å². The topological polar surface area (TPSA) is 80.9 Å². The van der Waals surface area contributed by atoms with Crippen molar-refractivity contribution >= 4 is 11.6 Å². The summed E-state index contributed by atoms with van der Waals surface area (Å²) < 4.78 is 0. The number of amides is 1. The molecule has 0 aliphatic rings. The molecule has 3 N–H and O–H groups in total. The molecule has 0 radical (unpaired) electrons. The quantitative estimate of drug-likeness (QED) is 0.727. The molecule has 1 rings (SSSR count). The number of aromatic nitrogens is 2. The predicted octanol–water partition coefficient (Wildman–Crippen LogP) is 0.400. The first kappa shape index (κ1) is 10.6. The number of anilines is 1. The van der Waals surface area contributed by atoms with Crippen LogP contribution in [-0.4, -0.2) is 22.4 Å². The number of nitrogens with two attached hydrogens (primary N) is 1. The van der Waals surface area contributed by atoms with E-state index in [4.69, 9.17) is 5.73 Å². The summed E-state index contributed by atoms with van der Waals surface area (Å²) in [5, 5.41) is 2.71. The van der Waals surface area contributed by atoms with Crippen molar-refractivity contribution in [3.63, 3.8) is 0 Å². The van der Waals surface area contributed by atoms with Gasteiger partial charge in [0.05, 0.1) is 18.1 Å². The second-order valence-corrected chi connectivity index (χ2v) is 3.09. The second kappa shape index (κ2) is 5.29. The van der Waals surface area contributed by atoms with E-state index in [0.29, 0.717) is 18.7 Å². The van der Waals surface area contributed by atoms with E-state index < -0.39 is 0 Å². The highest BCUT2D eigenvalue weighted by Crippen LogP contribution is 2.06. The molecule has 1 unspecified atom stereocenters. The number of nitrogens with one attached hydrogen (secondary N) is 1. The number of nitrogens with zero attached hydrogens (tertiary/aromatic N) is 2. The van der Waals surface area contributed by atoms with Crippen LogP contribution >= 0.6 is 0 Å². The Morgan fingerprint density at radius 3 is 2.79 bits per heavy atom. The van der Waals surface area contributed by atoms with Crippen LogP contribution in [0.15, 0.2) is 18.7 Å². The van der Waals surface area contributed by atoms with Gasteiger partial charge in [-0.1, -0.05) is 6.92 Å². The van der Waals surface area contributed by atoms with Crippen molar-refractivity contribution < 1.29 is 4.79 Å². The molecule has 0 aliphatic carbocycles. The van der Waals surface area contributed by atoms with Crippen LogP contribution in [0.4, 0.5) is 5.69 Å². The zero-order valence-corrected chi connectivity index (χ0v) is 8.10. The summed E-state index contributed by atoms with van der Waals surface area (Å²) in [6.45, 7) is 2.35. The lowest BCUT2D eigenvalue weighted by molar-refractivity contribution is -0.119. The molecule has 1 heterocycles. The molecule has 5 nitrogen and oxygen atoms in total. The Balaban J connectivity index is 2.49. The molecular weight excluding hydrogens is 180 g/mol. The molecule has 1 aromatic rings. The molecule has 76 valence electrons. The zero-order valence-electron chi connectivity index (χ0n) is 8.10. The molecule has 0 saturated heterocycles. The maximum absolute atomic E-state index is 11.5. The Bertz CT molecular complexity index is 288. The number of hydrogen-bond donors (Lipinski definition) is 2. The Morgan fingerprint density at radius 2 is 2.21 bits per heavy atom. The minimum atomic E-state index is -0.0831. The van der Waals surface area contributed by atoms with Crippen molar-refractivity contribution in [1.29, 1.82) is 0 Å². The van der Waals surface area contributed by atoms with Crippen LogP contribution in [0.3, 0.4) is 0 Å². The Hall–Kier alpha value is -1.49. The fourth-order valence-electron chi connectivity index (χ4n) is 1.01. The van der Waals surface area contributed by atoms with Crippen LogP contribution in [0.1, 0.15) is 13.3 Å². The minimum Gasteiger partial charge on any atom is -0.330 e. The minimum absolute atomic E-state index is 0.0507. The molecule has 0 aliphatic heterocycles. The Morgan fingerprint density at radius 1 is 1.57 bits per heavy atom. The van der Waals surface area contributed by atoms with Crippen LogP contribution in [0.5, 0.6) is 0 Å². The predicted molar refractivity (Wildman–Crippen MR) is 53.5 cm³/mol. The van der Waals surface area contributed by atoms with Gasteiger partial charge >= 0.3 is 0 Å². The molecular formula is C9H14N4O. The second-order valence-electron chi connectivity index (χ2n) is 3.09. The normalized spacial score (nSPS) is 12.1. The fourth-order valence-corrected chi connectivity index (χ4v) is 1.01. The highest BCUT2D eigenvalue weighted by Gasteiger charge is 2.11. The molecule has 0 saturated carbocycles. The lowest BCUT2D eigenvalue weighted by atomic mass is 10.1. The number of carbonyl (C=O) groups is 1. The van der Waals surface area contributed by atoms with Crippen LogP contribution < -0.4 is 11.1 Å². The van der Waals surface area contributed by atoms with Crippen LogP contribution in [0.25, 0.3) is 0 Å². The van der Waals surface area contributed by atoms with Gasteiger partial charge in [-0.15, -0.1) is 0 Å². The average molecular weight is 194 g/mol. The molecule has 1 amide bonds. The highest BCUT2D eigenvalue weighted by atomic mass is 16.1. The molecule has 14 heavy (non-hydrogen) atoms. The summed E-state index contributed by atoms with van der Waals surface area (Å²) in [5.74, 6) is -0.134. The summed E-state index contributed by atoms with van der Waals surface area (Å²) >= 11 is 0. The van der Waals surface area contributed by atoms with Crippen molar-refractivity contribution in [3.8, 4) is 0 Å². The monoisotopic (exact) mass is 194 g/mol. The van der Waals surface area contributed by atoms with Gasteiger partial charge in [-0.3, -0.25) is 4.79 Å². The molecule has 0 aromatic carbocycles. The van der Waals surface area contributed by atoms with Crippen LogP contribution in [0, 0.1) is 5.92 Å². The Labute approximate surface area is 82.7 Å². The van der Waals surface area contributed by atoms with E-state index >= 15 is 0 Å². The lowest BCUT2D eigenvalue weighted by Gasteiger charge is -2.09. The summed E-state index contributed by atoms with van der Waals surface area (Å²) in [4.78, 5) is 19.1. The SMILES string of the molecule is CC(CCN)C(=O)Nc1cncnc1. The molecule has 5 heteroatoms. The number of hydrogen-bond acceptors (Lipinski definition) is 4. The molecule has 1 atom stereocenters. The smallest absolute Gasteiger partial charge is 0.227 e. The molecule has 1 aromatic heterocycles. The highest BCUT2D eigenvalue weighted by molar-refractivity contribution is 5.91. The first-order valence-corrected chi connectivity index (χ1v) is 4.50. The third-order valence-corrected chi connectivity index (χ3v) is 1.88. The van der Waals surface area contributed by atoms with Gasteiger partial charge in [0.2, 0.25) is 5.91 Å². The van der Waals surface area contributed by atoms with Crippen LogP contribution in [0.2, 0.25) is 0 Å². The van der Waals surface area contributed by atoms with Gasteiger partial charge in [0.25, 0.3) is 0 Å². The van der Waals surface area contributed by atoms with E-state index in [1.54, 1.807) is 12.4 Å². The summed E-state index contributed by atoms with van der Waals surface area (Å²) in [7, 11) is 0. The van der Waals surface area contributed by atoms with E-state index in [0.717, 1.165) is 0 Å². The average Bonchev–Trinajstić information content (AvgIpc) is 2.19. The fraction of sp³-hybridized carbons (Fsp3) is 0.444. The number of carbonyl (C=O) groups excluding carboxylic acids is 1. The first-order valence-electron chi connectivity index (χ1n) is 4.50. The maximum Gasteiger partial charge on any atom is 0.227 e. The van der Waals surface area contributed by atoms with Crippen molar-refractivity contribution in [3.05, 3.63) is 18.7 Å². The van der Waals surface area contributed by atoms with Crippen molar-refractivity contribution in [1.82, 2.24) is 9.97 Å². The van der Waals surface area contributed by atoms with Gasteiger partial charge in [0, 0.05) is 5.92 Å². The maximum atomic E-state index is 11.5. The van der Waals surface area contributed by atoms with Gasteiger partial charge in [-0.25, -0.2) is 9.97 Å². The van der Waals surface area contributed by atoms with Crippen molar-refractivity contribution in [2.45, 2.75) is 13.3 Å². The summed E-state index contributed by atoms with van der Waals surface area (Å²) in [6.07, 6.45) is 5.21. The van der Waals surface area contributed by atoms with E-state index in [1.807, 2.05) is 6.92 Å². The standard InChI is InChI=1S/C9H14N4O/c1-7(2-3-10)9(14)13-8-4-11-6-12-5-8/h4-7H,2-3,10H2,1H3,(H,13,14). The summed E-state index contributed by atoms with van der Waals surface area (Å²) in [5.41, 5.74) is 5.97. The van der Waals surface area contributed by atoms with Crippen LogP contribution in [-0.2, 0) is 4.79 Å². The zero-order chi connectivity index (χ0) is 10.4. The Kier molecular flexibility index (Phi) is 4.00. The van der Waals surface area contributed by atoms with Gasteiger partial charge in [-0.2, -0.15) is 0 Å². The van der Waals surface area contributed by atoms with Gasteiger partial charge in [-0.05, 0) is 13.0 Å². The molecule has 0 fully saturated rings. The van der Waals surface area contributed by atoms with Crippen molar-refractivity contribution in [2.75, 3.05) is 11.9 Å². The van der Waals surface area contributed by atoms with E-state index in [-0.39, 0.29) is 11.8 Å². The van der Waals surface area contributed by atoms with E-state index in [1.165, 1.54) is 6.33 Å². The number of rotatable bonds is 4. The third-order valence-electron chi connectivity index (χ3n) is 1.88. The lowest BCUT2D eigenvalue weighted by Crippen LogP contribution is -2.22. The largest absolute Gasteiger partial charge is 0.330 e. The van der Waals surface area contributed by atoms with E-state index in [2.05, 4.69) is 15.3 Å². The molecule has 0 bridgehead atoms. The summed E-state index contributed by atoms with van der Waals surface area (Å²) in [6, 6.07) is 0. The van der Waals surface area contributed by atoms with Gasteiger partial charge in [0.1, 0.15) is 6.33 Å². The van der Waals surface area contributed by atoms with Crippen molar-refractivity contribution in [2.24, 2.45) is 11.7 Å². The first-order chi connectivity index (χ1) is 6.74. The molecule has 0 spiro atoms.